The Hall–Kier alpha value is -1.37. The molecule has 1 aliphatic carbocycles. The lowest BCUT2D eigenvalue weighted by molar-refractivity contribution is 0.394. The lowest BCUT2D eigenvalue weighted by Gasteiger charge is -2.15. The van der Waals surface area contributed by atoms with E-state index < -0.39 is 0 Å². The number of hydrogen-bond donors (Lipinski definition) is 0. The van der Waals surface area contributed by atoms with Crippen LogP contribution < -0.4 is 0 Å². The van der Waals surface area contributed by atoms with Crippen LogP contribution in [0, 0.1) is 17.2 Å². The molecule has 1 heterocycles. The highest BCUT2D eigenvalue weighted by Crippen LogP contribution is 2.35. The number of hydrogen-bond acceptors (Lipinski definition) is 3. The summed E-state index contributed by atoms with van der Waals surface area (Å²) in [7, 11) is 0. The largest absolute Gasteiger partial charge is 0.245 e. The van der Waals surface area contributed by atoms with Crippen molar-refractivity contribution < 1.29 is 0 Å². The van der Waals surface area contributed by atoms with Crippen molar-refractivity contribution in [2.45, 2.75) is 52.0 Å². The van der Waals surface area contributed by atoms with E-state index >= 15 is 0 Å². The van der Waals surface area contributed by atoms with Gasteiger partial charge >= 0.3 is 0 Å². The van der Waals surface area contributed by atoms with Crippen LogP contribution in [0.15, 0.2) is 0 Å². The summed E-state index contributed by atoms with van der Waals surface area (Å²) in [6.07, 6.45) is 4.96. The zero-order valence-electron chi connectivity index (χ0n) is 9.98. The smallest absolute Gasteiger partial charge is 0.150 e. The van der Waals surface area contributed by atoms with Gasteiger partial charge in [-0.15, -0.1) is 0 Å². The molecule has 0 bridgehead atoms. The first-order valence-electron chi connectivity index (χ1n) is 6.14. The van der Waals surface area contributed by atoms with Crippen molar-refractivity contribution in [2.24, 2.45) is 5.92 Å². The molecule has 2 rings (SSSR count). The van der Waals surface area contributed by atoms with Crippen LogP contribution in [0.3, 0.4) is 0 Å². The van der Waals surface area contributed by atoms with Gasteiger partial charge in [-0.1, -0.05) is 13.8 Å². The van der Waals surface area contributed by atoms with Crippen molar-refractivity contribution in [3.8, 4) is 6.07 Å². The van der Waals surface area contributed by atoms with Gasteiger partial charge in [0, 0.05) is 12.8 Å². The van der Waals surface area contributed by atoms with E-state index in [4.69, 9.17) is 5.26 Å². The third-order valence-electron chi connectivity index (χ3n) is 3.34. The summed E-state index contributed by atoms with van der Waals surface area (Å²) in [4.78, 5) is 4.50. The van der Waals surface area contributed by atoms with Crippen molar-refractivity contribution >= 4 is 0 Å². The molecule has 0 saturated heterocycles. The molecule has 2 atom stereocenters. The summed E-state index contributed by atoms with van der Waals surface area (Å²) < 4.78 is 2.01. The average molecular weight is 218 g/mol. The average Bonchev–Trinajstić information content (AvgIpc) is 2.93. The molecule has 0 spiro atoms. The van der Waals surface area contributed by atoms with Crippen molar-refractivity contribution in [2.75, 3.05) is 0 Å². The van der Waals surface area contributed by atoms with Gasteiger partial charge in [-0.25, -0.2) is 9.67 Å². The van der Waals surface area contributed by atoms with E-state index in [0.29, 0.717) is 0 Å². The number of aryl methyl sites for hydroxylation is 2. The molecule has 1 saturated carbocycles. The second-order valence-corrected chi connectivity index (χ2v) is 4.33. The minimum absolute atomic E-state index is 0.122. The van der Waals surface area contributed by atoms with Crippen molar-refractivity contribution in [3.05, 3.63) is 11.6 Å². The molecule has 4 heteroatoms. The molecule has 16 heavy (non-hydrogen) atoms. The molecule has 0 amide bonds. The Morgan fingerprint density at radius 3 is 2.81 bits per heavy atom. The molecule has 0 aromatic carbocycles. The van der Waals surface area contributed by atoms with Crippen LogP contribution in [0.2, 0.25) is 0 Å². The Bertz CT molecular complexity index is 402. The van der Waals surface area contributed by atoms with E-state index in [9.17, 15) is 0 Å². The van der Waals surface area contributed by atoms with Gasteiger partial charge < -0.3 is 0 Å². The lowest BCUT2D eigenvalue weighted by Crippen LogP contribution is -2.17. The van der Waals surface area contributed by atoms with Crippen LogP contribution in [-0.4, -0.2) is 14.8 Å². The van der Waals surface area contributed by atoms with Crippen LogP contribution in [0.1, 0.15) is 50.8 Å². The fraction of sp³-hybridized carbons (Fsp3) is 0.750. The summed E-state index contributed by atoms with van der Waals surface area (Å²) in [5.74, 6) is 2.06. The molecular weight excluding hydrogens is 200 g/mol. The maximum Gasteiger partial charge on any atom is 0.150 e. The normalized spacial score (nSPS) is 24.6. The van der Waals surface area contributed by atoms with Gasteiger partial charge in [0.15, 0.2) is 5.82 Å². The van der Waals surface area contributed by atoms with E-state index in [1.807, 2.05) is 4.68 Å². The summed E-state index contributed by atoms with van der Waals surface area (Å²) in [6, 6.07) is 2.66. The van der Waals surface area contributed by atoms with Gasteiger partial charge in [0.1, 0.15) is 5.82 Å². The van der Waals surface area contributed by atoms with Gasteiger partial charge in [0.2, 0.25) is 0 Å². The van der Waals surface area contributed by atoms with Crippen LogP contribution in [0.25, 0.3) is 0 Å². The molecule has 0 aliphatic heterocycles. The zero-order chi connectivity index (χ0) is 11.5. The summed E-state index contributed by atoms with van der Waals surface area (Å²) in [5, 5.41) is 13.6. The summed E-state index contributed by atoms with van der Waals surface area (Å²) in [6.45, 7) is 4.16. The number of nitrogens with zero attached hydrogens (tertiary/aromatic N) is 4. The lowest BCUT2D eigenvalue weighted by atomic mass is 10.1. The molecule has 1 fully saturated rings. The van der Waals surface area contributed by atoms with Crippen LogP contribution in [0.4, 0.5) is 0 Å². The molecular formula is C12H18N4. The van der Waals surface area contributed by atoms with Crippen molar-refractivity contribution in [3.63, 3.8) is 0 Å². The third-order valence-corrected chi connectivity index (χ3v) is 3.34. The van der Waals surface area contributed by atoms with E-state index in [1.165, 1.54) is 0 Å². The standard InChI is InChI=1S/C12H18N4/c1-3-11-14-12(4-2)16(15-11)10-7-5-6-9(10)8-13/h9-10H,3-7H2,1-2H3. The van der Waals surface area contributed by atoms with Gasteiger partial charge in [-0.05, 0) is 19.3 Å². The molecule has 4 nitrogen and oxygen atoms in total. The molecule has 1 aromatic rings. The van der Waals surface area contributed by atoms with Gasteiger partial charge in [-0.3, -0.25) is 0 Å². The molecule has 1 aromatic heterocycles. The predicted octanol–water partition coefficient (Wildman–Crippen LogP) is 2.27. The van der Waals surface area contributed by atoms with Gasteiger partial charge in [0.05, 0.1) is 18.0 Å². The number of nitriles is 1. The maximum absolute atomic E-state index is 9.11. The number of aromatic nitrogens is 3. The maximum atomic E-state index is 9.11. The zero-order valence-corrected chi connectivity index (χ0v) is 9.98. The topological polar surface area (TPSA) is 54.5 Å². The van der Waals surface area contributed by atoms with Crippen LogP contribution in [0.5, 0.6) is 0 Å². The quantitative estimate of drug-likeness (QED) is 0.782. The minimum Gasteiger partial charge on any atom is -0.245 e. The fourth-order valence-electron chi connectivity index (χ4n) is 2.44. The van der Waals surface area contributed by atoms with E-state index in [2.05, 4.69) is 30.0 Å². The highest BCUT2D eigenvalue weighted by Gasteiger charge is 2.31. The molecule has 1 aliphatic rings. The molecule has 86 valence electrons. The van der Waals surface area contributed by atoms with E-state index in [1.54, 1.807) is 0 Å². The summed E-state index contributed by atoms with van der Waals surface area (Å²) in [5.41, 5.74) is 0. The SMILES string of the molecule is CCc1nc(CC)n(C2CCCC2C#N)n1. The number of rotatable bonds is 3. The van der Waals surface area contributed by atoms with E-state index in [-0.39, 0.29) is 12.0 Å². The van der Waals surface area contributed by atoms with Crippen molar-refractivity contribution in [1.82, 2.24) is 14.8 Å². The summed E-state index contributed by atoms with van der Waals surface area (Å²) >= 11 is 0. The Morgan fingerprint density at radius 2 is 2.19 bits per heavy atom. The molecule has 0 radical (unpaired) electrons. The van der Waals surface area contributed by atoms with Crippen molar-refractivity contribution in [1.29, 1.82) is 5.26 Å². The van der Waals surface area contributed by atoms with Crippen LogP contribution in [-0.2, 0) is 12.8 Å². The van der Waals surface area contributed by atoms with Gasteiger partial charge in [-0.2, -0.15) is 10.4 Å². The Balaban J connectivity index is 2.31. The van der Waals surface area contributed by atoms with Crippen LogP contribution >= 0.6 is 0 Å². The molecule has 2 unspecified atom stereocenters. The Labute approximate surface area is 96.3 Å². The van der Waals surface area contributed by atoms with Gasteiger partial charge in [0.25, 0.3) is 0 Å². The third kappa shape index (κ3) is 1.82. The Morgan fingerprint density at radius 1 is 1.38 bits per heavy atom. The fourth-order valence-corrected chi connectivity index (χ4v) is 2.44. The highest BCUT2D eigenvalue weighted by atomic mass is 15.4. The first kappa shape index (κ1) is 11.1. The second-order valence-electron chi connectivity index (χ2n) is 4.33. The Kier molecular flexibility index (Phi) is 3.23. The van der Waals surface area contributed by atoms with E-state index in [0.717, 1.165) is 43.8 Å². The highest BCUT2D eigenvalue weighted by molar-refractivity contribution is 5.01. The monoisotopic (exact) mass is 218 g/mol. The first-order valence-corrected chi connectivity index (χ1v) is 6.14. The second kappa shape index (κ2) is 4.65. The minimum atomic E-state index is 0.122. The molecule has 0 N–H and O–H groups in total. The predicted molar refractivity (Wildman–Crippen MR) is 60.8 cm³/mol. The first-order chi connectivity index (χ1) is 7.80.